The van der Waals surface area contributed by atoms with Gasteiger partial charge in [0.2, 0.25) is 0 Å². The molecule has 0 fully saturated rings. The highest BCUT2D eigenvalue weighted by Crippen LogP contribution is 2.48. The summed E-state index contributed by atoms with van der Waals surface area (Å²) in [5.74, 6) is -1.60. The van der Waals surface area contributed by atoms with Crippen molar-refractivity contribution < 1.29 is 23.1 Å². The molecule has 1 aliphatic rings. The first-order chi connectivity index (χ1) is 9.88. The number of anilines is 2. The van der Waals surface area contributed by atoms with E-state index in [9.17, 15) is 23.1 Å². The van der Waals surface area contributed by atoms with E-state index in [4.69, 9.17) is 0 Å². The van der Waals surface area contributed by atoms with Gasteiger partial charge in [0, 0.05) is 9.79 Å². The van der Waals surface area contributed by atoms with E-state index >= 15 is 0 Å². The largest absolute Gasteiger partial charge is 0.478 e. The lowest BCUT2D eigenvalue weighted by Crippen LogP contribution is -2.16. The zero-order chi connectivity index (χ0) is 15.2. The Kier molecular flexibility index (Phi) is 3.09. The molecule has 0 atom stereocenters. The first-order valence-electron chi connectivity index (χ1n) is 5.89. The molecule has 0 saturated carbocycles. The normalized spacial score (nSPS) is 13.1. The SMILES string of the molecule is O=C(O)c1c(C(F)(F)F)ccc2c1Nc1ccccc1S2. The first kappa shape index (κ1) is 13.8. The van der Waals surface area contributed by atoms with Crippen LogP contribution in [0.3, 0.4) is 0 Å². The van der Waals surface area contributed by atoms with Crippen LogP contribution in [0.4, 0.5) is 24.5 Å². The molecule has 108 valence electrons. The second-order valence-corrected chi connectivity index (χ2v) is 5.47. The van der Waals surface area contributed by atoms with Crippen LogP contribution in [0.5, 0.6) is 0 Å². The fourth-order valence-electron chi connectivity index (χ4n) is 2.16. The van der Waals surface area contributed by atoms with Crippen LogP contribution in [-0.2, 0) is 6.18 Å². The second-order valence-electron chi connectivity index (χ2n) is 4.39. The van der Waals surface area contributed by atoms with Gasteiger partial charge in [0.25, 0.3) is 0 Å². The first-order valence-corrected chi connectivity index (χ1v) is 6.71. The molecular formula is C14H8F3NO2S. The van der Waals surface area contributed by atoms with Crippen LogP contribution in [0.25, 0.3) is 0 Å². The Morgan fingerprint density at radius 1 is 1.10 bits per heavy atom. The van der Waals surface area contributed by atoms with Gasteiger partial charge in [0.1, 0.15) is 0 Å². The summed E-state index contributed by atoms with van der Waals surface area (Å²) < 4.78 is 38.9. The Morgan fingerprint density at radius 2 is 1.81 bits per heavy atom. The van der Waals surface area contributed by atoms with E-state index in [2.05, 4.69) is 5.32 Å². The van der Waals surface area contributed by atoms with Crippen LogP contribution in [0.1, 0.15) is 15.9 Å². The van der Waals surface area contributed by atoms with E-state index in [0.717, 1.165) is 11.0 Å². The van der Waals surface area contributed by atoms with Crippen molar-refractivity contribution in [1.29, 1.82) is 0 Å². The number of para-hydroxylation sites is 1. The molecule has 7 heteroatoms. The van der Waals surface area contributed by atoms with Crippen LogP contribution >= 0.6 is 11.8 Å². The average Bonchev–Trinajstić information content (AvgIpc) is 2.42. The summed E-state index contributed by atoms with van der Waals surface area (Å²) in [5.41, 5.74) is -1.32. The Balaban J connectivity index is 2.21. The van der Waals surface area contributed by atoms with Gasteiger partial charge in [-0.3, -0.25) is 0 Å². The van der Waals surface area contributed by atoms with Gasteiger partial charge < -0.3 is 10.4 Å². The number of benzene rings is 2. The smallest absolute Gasteiger partial charge is 0.417 e. The lowest BCUT2D eigenvalue weighted by Gasteiger charge is -2.24. The molecule has 0 aliphatic carbocycles. The zero-order valence-electron chi connectivity index (χ0n) is 10.4. The number of hydrogen-bond acceptors (Lipinski definition) is 3. The average molecular weight is 311 g/mol. The van der Waals surface area contributed by atoms with Crippen LogP contribution in [0, 0.1) is 0 Å². The minimum atomic E-state index is -4.72. The monoisotopic (exact) mass is 311 g/mol. The van der Waals surface area contributed by atoms with E-state index in [1.54, 1.807) is 18.2 Å². The van der Waals surface area contributed by atoms with Gasteiger partial charge in [-0.1, -0.05) is 23.9 Å². The number of fused-ring (bicyclic) bond motifs is 2. The van der Waals surface area contributed by atoms with Crippen molar-refractivity contribution in [2.24, 2.45) is 0 Å². The van der Waals surface area contributed by atoms with Crippen molar-refractivity contribution in [1.82, 2.24) is 0 Å². The summed E-state index contributed by atoms with van der Waals surface area (Å²) in [6, 6.07) is 9.14. The molecule has 1 aliphatic heterocycles. The molecule has 0 unspecified atom stereocenters. The summed E-state index contributed by atoms with van der Waals surface area (Å²) in [7, 11) is 0. The third kappa shape index (κ3) is 2.33. The molecule has 0 saturated heterocycles. The Bertz CT molecular complexity index is 743. The summed E-state index contributed by atoms with van der Waals surface area (Å²) in [5, 5.41) is 12.0. The number of carboxylic acids is 1. The Morgan fingerprint density at radius 3 is 2.48 bits per heavy atom. The molecule has 21 heavy (non-hydrogen) atoms. The molecular weight excluding hydrogens is 303 g/mol. The zero-order valence-corrected chi connectivity index (χ0v) is 11.2. The second kappa shape index (κ2) is 4.70. The fraction of sp³-hybridized carbons (Fsp3) is 0.0714. The van der Waals surface area contributed by atoms with E-state index in [1.165, 1.54) is 17.8 Å². The van der Waals surface area contributed by atoms with Crippen LogP contribution in [0.2, 0.25) is 0 Å². The molecule has 0 aromatic heterocycles. The van der Waals surface area contributed by atoms with Crippen molar-refractivity contribution in [2.45, 2.75) is 16.0 Å². The highest BCUT2D eigenvalue weighted by Gasteiger charge is 2.38. The van der Waals surface area contributed by atoms with Crippen LogP contribution in [-0.4, -0.2) is 11.1 Å². The minimum absolute atomic E-state index is 0.0129. The van der Waals surface area contributed by atoms with Crippen molar-refractivity contribution in [3.8, 4) is 0 Å². The molecule has 0 amide bonds. The third-order valence-electron chi connectivity index (χ3n) is 3.05. The van der Waals surface area contributed by atoms with Gasteiger partial charge in [-0.15, -0.1) is 0 Å². The Hall–Kier alpha value is -2.15. The van der Waals surface area contributed by atoms with E-state index in [1.807, 2.05) is 6.07 Å². The number of alkyl halides is 3. The van der Waals surface area contributed by atoms with Gasteiger partial charge >= 0.3 is 12.1 Å². The molecule has 2 aromatic carbocycles. The number of nitrogens with one attached hydrogen (secondary N) is 1. The van der Waals surface area contributed by atoms with Gasteiger partial charge in [-0.05, 0) is 24.3 Å². The maximum atomic E-state index is 13.0. The van der Waals surface area contributed by atoms with Gasteiger partial charge in [-0.2, -0.15) is 13.2 Å². The quantitative estimate of drug-likeness (QED) is 0.689. The topological polar surface area (TPSA) is 49.3 Å². The van der Waals surface area contributed by atoms with Crippen molar-refractivity contribution in [3.05, 3.63) is 47.5 Å². The van der Waals surface area contributed by atoms with Gasteiger partial charge in [-0.25, -0.2) is 4.79 Å². The predicted octanol–water partition coefficient (Wildman–Crippen LogP) is 4.61. The van der Waals surface area contributed by atoms with Crippen molar-refractivity contribution in [3.63, 3.8) is 0 Å². The van der Waals surface area contributed by atoms with Crippen LogP contribution < -0.4 is 5.32 Å². The van der Waals surface area contributed by atoms with Gasteiger partial charge in [0.05, 0.1) is 22.5 Å². The van der Waals surface area contributed by atoms with E-state index in [-0.39, 0.29) is 5.69 Å². The summed E-state index contributed by atoms with van der Waals surface area (Å²) in [6.45, 7) is 0. The van der Waals surface area contributed by atoms with Gasteiger partial charge in [0.15, 0.2) is 0 Å². The van der Waals surface area contributed by atoms with Crippen molar-refractivity contribution in [2.75, 3.05) is 5.32 Å². The highest BCUT2D eigenvalue weighted by molar-refractivity contribution is 7.99. The predicted molar refractivity (Wildman–Crippen MR) is 72.3 cm³/mol. The molecule has 0 radical (unpaired) electrons. The summed E-state index contributed by atoms with van der Waals surface area (Å²) >= 11 is 1.24. The number of carboxylic acid groups (broad SMARTS) is 1. The van der Waals surface area contributed by atoms with Crippen molar-refractivity contribution >= 4 is 29.1 Å². The lowest BCUT2D eigenvalue weighted by atomic mass is 10.0. The standard InChI is InChI=1S/C14H8F3NO2S/c15-14(16,17)7-5-6-10-12(11(7)13(19)20)18-8-3-1-2-4-9(8)21-10/h1-6,18H,(H,19,20). The maximum absolute atomic E-state index is 13.0. The number of aromatic carboxylic acids is 1. The van der Waals surface area contributed by atoms with Crippen LogP contribution in [0.15, 0.2) is 46.2 Å². The third-order valence-corrected chi connectivity index (χ3v) is 4.19. The molecule has 1 heterocycles. The van der Waals surface area contributed by atoms with E-state index < -0.39 is 23.3 Å². The molecule has 2 aromatic rings. The minimum Gasteiger partial charge on any atom is -0.478 e. The fourth-order valence-corrected chi connectivity index (χ4v) is 3.17. The lowest BCUT2D eigenvalue weighted by molar-refractivity contribution is -0.138. The Labute approximate surface area is 121 Å². The summed E-state index contributed by atoms with van der Waals surface area (Å²) in [4.78, 5) is 12.6. The maximum Gasteiger partial charge on any atom is 0.417 e. The number of halogens is 3. The number of carbonyl (C=O) groups is 1. The molecule has 0 bridgehead atoms. The summed E-state index contributed by atoms with van der Waals surface area (Å²) in [6.07, 6.45) is -4.72. The molecule has 3 nitrogen and oxygen atoms in total. The molecule has 3 rings (SSSR count). The van der Waals surface area contributed by atoms with E-state index in [0.29, 0.717) is 10.6 Å². The molecule has 0 spiro atoms. The molecule has 2 N–H and O–H groups in total. The number of hydrogen-bond donors (Lipinski definition) is 2. The highest BCUT2D eigenvalue weighted by atomic mass is 32.2. The number of rotatable bonds is 1.